The Labute approximate surface area is 210 Å². The molecule has 0 spiro atoms. The van der Waals surface area contributed by atoms with Crippen molar-refractivity contribution in [1.82, 2.24) is 24.8 Å². The van der Waals surface area contributed by atoms with Gasteiger partial charge in [0.1, 0.15) is 0 Å². The quantitative estimate of drug-likeness (QED) is 0.560. The van der Waals surface area contributed by atoms with Crippen molar-refractivity contribution < 1.29 is 14.3 Å². The summed E-state index contributed by atoms with van der Waals surface area (Å²) in [6.07, 6.45) is 0. The predicted molar refractivity (Wildman–Crippen MR) is 138 cm³/mol. The molecule has 2 fully saturated rings. The zero-order valence-corrected chi connectivity index (χ0v) is 20.7. The number of likely N-dealkylation sites (N-methyl/N-ethyl adjacent to an activating group) is 1. The molecule has 10 nitrogen and oxygen atoms in total. The van der Waals surface area contributed by atoms with Crippen molar-refractivity contribution in [3.63, 3.8) is 0 Å². The molecule has 0 radical (unpaired) electrons. The van der Waals surface area contributed by atoms with Crippen molar-refractivity contribution in [2.75, 3.05) is 76.9 Å². The van der Waals surface area contributed by atoms with Crippen molar-refractivity contribution in [3.05, 3.63) is 54.1 Å². The van der Waals surface area contributed by atoms with E-state index in [1.54, 1.807) is 0 Å². The second-order valence-electron chi connectivity index (χ2n) is 8.91. The average Bonchev–Trinajstić information content (AvgIpc) is 2.94. The molecule has 0 bridgehead atoms. The first-order valence-corrected chi connectivity index (χ1v) is 12.2. The number of hydrogen-bond donors (Lipinski definition) is 1. The van der Waals surface area contributed by atoms with E-state index in [1.807, 2.05) is 41.3 Å². The highest BCUT2D eigenvalue weighted by atomic mass is 16.5. The molecule has 5 rings (SSSR count). The fourth-order valence-electron chi connectivity index (χ4n) is 4.29. The van der Waals surface area contributed by atoms with Crippen LogP contribution in [0.5, 0.6) is 6.01 Å². The van der Waals surface area contributed by atoms with Crippen LogP contribution < -0.4 is 15.0 Å². The lowest BCUT2D eigenvalue weighted by atomic mass is 10.1. The second-order valence-corrected chi connectivity index (χ2v) is 8.91. The number of morpholine rings is 1. The van der Waals surface area contributed by atoms with Crippen LogP contribution in [0.3, 0.4) is 0 Å². The maximum absolute atomic E-state index is 12.9. The summed E-state index contributed by atoms with van der Waals surface area (Å²) in [6, 6.07) is 15.7. The largest absolute Gasteiger partial charge is 0.467 e. The number of ether oxygens (including phenoxy) is 2. The number of aromatic nitrogens is 3. The van der Waals surface area contributed by atoms with E-state index in [0.29, 0.717) is 17.3 Å². The molecule has 10 heteroatoms. The van der Waals surface area contributed by atoms with Crippen LogP contribution in [0.1, 0.15) is 10.4 Å². The molecule has 2 saturated heterocycles. The molecule has 0 saturated carbocycles. The Hall–Kier alpha value is -3.76. The third-order valence-electron chi connectivity index (χ3n) is 6.48. The molecule has 1 amide bonds. The number of hydrogen-bond acceptors (Lipinski definition) is 9. The molecule has 0 unspecified atom stereocenters. The van der Waals surface area contributed by atoms with Crippen molar-refractivity contribution in [1.29, 1.82) is 0 Å². The lowest BCUT2D eigenvalue weighted by molar-refractivity contribution is 0.0664. The van der Waals surface area contributed by atoms with E-state index in [9.17, 15) is 4.79 Å². The molecular formula is C26H31N7O3. The predicted octanol–water partition coefficient (Wildman–Crippen LogP) is 2.52. The highest BCUT2D eigenvalue weighted by molar-refractivity contribution is 5.94. The minimum absolute atomic E-state index is 0.0470. The van der Waals surface area contributed by atoms with Gasteiger partial charge in [-0.1, -0.05) is 12.1 Å². The molecule has 188 valence electrons. The Morgan fingerprint density at radius 3 is 2.25 bits per heavy atom. The number of rotatable bonds is 6. The molecule has 0 atom stereocenters. The topological polar surface area (TPSA) is 96.0 Å². The molecule has 3 heterocycles. The van der Waals surface area contributed by atoms with Gasteiger partial charge in [-0.3, -0.25) is 4.79 Å². The first kappa shape index (κ1) is 24.0. The molecule has 2 aliphatic rings. The van der Waals surface area contributed by atoms with E-state index in [4.69, 9.17) is 9.47 Å². The van der Waals surface area contributed by atoms with Crippen molar-refractivity contribution in [3.8, 4) is 17.4 Å². The Bertz CT molecular complexity index is 1170. The number of benzene rings is 2. The van der Waals surface area contributed by atoms with Crippen LogP contribution in [0.2, 0.25) is 0 Å². The molecule has 0 aliphatic carbocycles. The van der Waals surface area contributed by atoms with Crippen LogP contribution in [0.15, 0.2) is 48.5 Å². The van der Waals surface area contributed by atoms with Gasteiger partial charge in [-0.15, -0.1) is 0 Å². The second kappa shape index (κ2) is 10.9. The van der Waals surface area contributed by atoms with Crippen molar-refractivity contribution in [2.45, 2.75) is 0 Å². The van der Waals surface area contributed by atoms with E-state index in [2.05, 4.69) is 49.2 Å². The zero-order valence-electron chi connectivity index (χ0n) is 20.7. The van der Waals surface area contributed by atoms with Crippen molar-refractivity contribution >= 4 is 23.2 Å². The average molecular weight is 490 g/mol. The molecule has 2 aliphatic heterocycles. The molecule has 2 aromatic carbocycles. The fourth-order valence-corrected chi connectivity index (χ4v) is 4.29. The van der Waals surface area contributed by atoms with E-state index in [-0.39, 0.29) is 11.9 Å². The smallest absolute Gasteiger partial charge is 0.321 e. The number of methoxy groups -OCH3 is 1. The van der Waals surface area contributed by atoms with Gasteiger partial charge >= 0.3 is 6.01 Å². The van der Waals surface area contributed by atoms with Crippen LogP contribution in [0.25, 0.3) is 11.4 Å². The van der Waals surface area contributed by atoms with Crippen LogP contribution >= 0.6 is 0 Å². The van der Waals surface area contributed by atoms with Gasteiger partial charge in [0, 0.05) is 61.8 Å². The minimum Gasteiger partial charge on any atom is -0.467 e. The third kappa shape index (κ3) is 5.55. The normalized spacial score (nSPS) is 16.6. The Morgan fingerprint density at radius 1 is 0.889 bits per heavy atom. The van der Waals surface area contributed by atoms with Gasteiger partial charge in [0.15, 0.2) is 5.82 Å². The number of carbonyl (C=O) groups excluding carboxylic acids is 1. The summed E-state index contributed by atoms with van der Waals surface area (Å²) < 4.78 is 10.8. The maximum atomic E-state index is 12.9. The summed E-state index contributed by atoms with van der Waals surface area (Å²) in [6.45, 7) is 6.53. The first-order valence-electron chi connectivity index (χ1n) is 12.2. The van der Waals surface area contributed by atoms with Gasteiger partial charge in [0.05, 0.1) is 20.3 Å². The monoisotopic (exact) mass is 489 g/mol. The summed E-state index contributed by atoms with van der Waals surface area (Å²) in [5.74, 6) is 0.896. The number of nitrogens with one attached hydrogen (secondary N) is 1. The molecule has 1 N–H and O–H groups in total. The third-order valence-corrected chi connectivity index (χ3v) is 6.48. The Kier molecular flexibility index (Phi) is 7.24. The highest BCUT2D eigenvalue weighted by Gasteiger charge is 2.20. The Morgan fingerprint density at radius 2 is 1.58 bits per heavy atom. The van der Waals surface area contributed by atoms with Crippen LogP contribution in [0.4, 0.5) is 17.3 Å². The van der Waals surface area contributed by atoms with Gasteiger partial charge < -0.3 is 29.5 Å². The van der Waals surface area contributed by atoms with Gasteiger partial charge in [0.2, 0.25) is 5.95 Å². The minimum atomic E-state index is 0.0470. The summed E-state index contributed by atoms with van der Waals surface area (Å²) >= 11 is 0. The summed E-state index contributed by atoms with van der Waals surface area (Å²) in [5.41, 5.74) is 3.45. The fraction of sp³-hybridized carbons (Fsp3) is 0.385. The van der Waals surface area contributed by atoms with E-state index < -0.39 is 0 Å². The van der Waals surface area contributed by atoms with Gasteiger partial charge in [0.25, 0.3) is 5.91 Å². The molecule has 3 aromatic rings. The summed E-state index contributed by atoms with van der Waals surface area (Å²) in [5, 5.41) is 3.24. The molecular weight excluding hydrogens is 458 g/mol. The van der Waals surface area contributed by atoms with E-state index in [0.717, 1.165) is 69.4 Å². The van der Waals surface area contributed by atoms with E-state index in [1.165, 1.54) is 7.11 Å². The van der Waals surface area contributed by atoms with Gasteiger partial charge in [-0.25, -0.2) is 0 Å². The highest BCUT2D eigenvalue weighted by Crippen LogP contribution is 2.24. The lowest BCUT2D eigenvalue weighted by Gasteiger charge is -2.32. The number of carbonyl (C=O) groups is 1. The van der Waals surface area contributed by atoms with Gasteiger partial charge in [-0.2, -0.15) is 15.0 Å². The maximum Gasteiger partial charge on any atom is 0.321 e. The zero-order chi connectivity index (χ0) is 24.9. The van der Waals surface area contributed by atoms with E-state index >= 15 is 0 Å². The standard InChI is InChI=1S/C26H31N7O3/c1-31-11-13-33(14-12-31)24(34)20-5-3-19(4-6-20)23-28-25(30-26(29-23)35-2)27-21-7-9-22(10-8-21)32-15-17-36-18-16-32/h3-10H,11-18H2,1-2H3,(H,27,28,29,30). The van der Waals surface area contributed by atoms with Crippen LogP contribution in [-0.2, 0) is 4.74 Å². The summed E-state index contributed by atoms with van der Waals surface area (Å²) in [4.78, 5) is 32.6. The Balaban J connectivity index is 1.30. The number of anilines is 3. The number of nitrogens with zero attached hydrogens (tertiary/aromatic N) is 6. The summed E-state index contributed by atoms with van der Waals surface area (Å²) in [7, 11) is 3.60. The number of piperazine rings is 1. The molecule has 1 aromatic heterocycles. The van der Waals surface area contributed by atoms with Gasteiger partial charge in [-0.05, 0) is 43.4 Å². The van der Waals surface area contributed by atoms with Crippen LogP contribution in [0, 0.1) is 0 Å². The number of amides is 1. The van der Waals surface area contributed by atoms with Crippen molar-refractivity contribution in [2.24, 2.45) is 0 Å². The first-order chi connectivity index (χ1) is 17.6. The SMILES string of the molecule is COc1nc(Nc2ccc(N3CCOCC3)cc2)nc(-c2ccc(C(=O)N3CCN(C)CC3)cc2)n1. The molecule has 36 heavy (non-hydrogen) atoms. The lowest BCUT2D eigenvalue weighted by Crippen LogP contribution is -2.47. The van der Waals surface area contributed by atoms with Crippen LogP contribution in [-0.4, -0.2) is 97.3 Å².